The lowest BCUT2D eigenvalue weighted by Crippen LogP contribution is -2.52. The van der Waals surface area contributed by atoms with Gasteiger partial charge in [-0.15, -0.1) is 0 Å². The van der Waals surface area contributed by atoms with Crippen LogP contribution >= 0.6 is 0 Å². The summed E-state index contributed by atoms with van der Waals surface area (Å²) in [6.07, 6.45) is -3.40. The molecule has 15 nitrogen and oxygen atoms in total. The van der Waals surface area contributed by atoms with Gasteiger partial charge in [0.15, 0.2) is 6.61 Å². The number of carboxylic acids is 1. The van der Waals surface area contributed by atoms with E-state index in [1.807, 2.05) is 13.8 Å². The number of rotatable bonds is 16. The molecule has 0 aromatic heterocycles. The monoisotopic (exact) mass is 625 g/mol. The van der Waals surface area contributed by atoms with E-state index in [4.69, 9.17) is 18.9 Å². The summed E-state index contributed by atoms with van der Waals surface area (Å²) in [6, 6.07) is 1.12. The van der Waals surface area contributed by atoms with E-state index in [2.05, 4.69) is 10.6 Å². The highest BCUT2D eigenvalue weighted by Crippen LogP contribution is 2.33. The van der Waals surface area contributed by atoms with E-state index in [-0.39, 0.29) is 36.0 Å². The van der Waals surface area contributed by atoms with Crippen LogP contribution in [0.15, 0.2) is 18.2 Å². The first-order valence-corrected chi connectivity index (χ1v) is 14.0. The molecule has 44 heavy (non-hydrogen) atoms. The van der Waals surface area contributed by atoms with Crippen molar-refractivity contribution in [3.05, 3.63) is 33.9 Å². The van der Waals surface area contributed by atoms with Crippen molar-refractivity contribution in [3.63, 3.8) is 0 Å². The number of benzene rings is 1. The van der Waals surface area contributed by atoms with Gasteiger partial charge in [-0.05, 0) is 57.6 Å². The van der Waals surface area contributed by atoms with E-state index in [1.54, 1.807) is 34.6 Å². The standard InChI is InChI=1S/C29H43N3O12/c1-16(2)11-20(26(36)30-21(12-17(3)4)27(37)41-8)31-28(38)43-23(14-24(33)34)19-13-18(9-10-22(19)32(39)40)42-15-25(35)44-29(5,6)7/h9-10,13,16-17,20-21,23H,11-12,14-15H2,1-8H3,(H,30,36)(H,31,38)(H,33,34)/t20-,21-,23?/m0/s1. The third-order valence-electron chi connectivity index (χ3n) is 5.75. The lowest BCUT2D eigenvalue weighted by molar-refractivity contribution is -0.386. The predicted octanol–water partition coefficient (Wildman–Crippen LogP) is 3.68. The lowest BCUT2D eigenvalue weighted by Gasteiger charge is -2.25. The number of nitrogens with one attached hydrogen (secondary N) is 2. The molecule has 3 N–H and O–H groups in total. The topological polar surface area (TPSA) is 210 Å². The summed E-state index contributed by atoms with van der Waals surface area (Å²) in [5, 5.41) is 26.2. The molecule has 1 unspecified atom stereocenters. The Balaban J connectivity index is 3.28. The molecule has 0 heterocycles. The third kappa shape index (κ3) is 13.7. The number of carbonyl (C=O) groups excluding carboxylic acids is 4. The van der Waals surface area contributed by atoms with Crippen molar-refractivity contribution >= 4 is 35.6 Å². The first kappa shape index (κ1) is 37.6. The van der Waals surface area contributed by atoms with Crippen LogP contribution < -0.4 is 15.4 Å². The first-order chi connectivity index (χ1) is 20.3. The van der Waals surface area contributed by atoms with Crippen LogP contribution in [0.1, 0.15) is 79.4 Å². The van der Waals surface area contributed by atoms with E-state index in [0.29, 0.717) is 0 Å². The van der Waals surface area contributed by atoms with Crippen molar-refractivity contribution in [2.75, 3.05) is 13.7 Å². The van der Waals surface area contributed by atoms with Crippen LogP contribution in [0.25, 0.3) is 0 Å². The molecule has 0 bridgehead atoms. The zero-order chi connectivity index (χ0) is 33.8. The number of ether oxygens (including phenoxy) is 4. The average molecular weight is 626 g/mol. The van der Waals surface area contributed by atoms with Crippen molar-refractivity contribution in [1.82, 2.24) is 10.6 Å². The summed E-state index contributed by atoms with van der Waals surface area (Å²) < 4.78 is 20.7. The zero-order valence-electron chi connectivity index (χ0n) is 26.3. The minimum atomic E-state index is -1.69. The molecule has 246 valence electrons. The van der Waals surface area contributed by atoms with Gasteiger partial charge in [-0.2, -0.15) is 0 Å². The Morgan fingerprint density at radius 2 is 1.57 bits per heavy atom. The maximum atomic E-state index is 13.1. The maximum absolute atomic E-state index is 13.1. The molecule has 15 heteroatoms. The Bertz CT molecular complexity index is 1190. The number of amides is 2. The van der Waals surface area contributed by atoms with E-state index in [9.17, 15) is 39.2 Å². The summed E-state index contributed by atoms with van der Waals surface area (Å²) in [6.45, 7) is 11.7. The van der Waals surface area contributed by atoms with Crippen LogP contribution in [-0.2, 0) is 33.4 Å². The molecular formula is C29H43N3O12. The second-order valence-electron chi connectivity index (χ2n) is 11.9. The van der Waals surface area contributed by atoms with Crippen LogP contribution in [0, 0.1) is 22.0 Å². The Labute approximate surface area is 256 Å². The number of nitro benzene ring substituents is 1. The molecule has 0 fully saturated rings. The Kier molecular flexibility index (Phi) is 14.5. The highest BCUT2D eigenvalue weighted by atomic mass is 16.6. The highest BCUT2D eigenvalue weighted by molar-refractivity contribution is 5.89. The molecule has 0 aliphatic heterocycles. The SMILES string of the molecule is COC(=O)[C@H](CC(C)C)NC(=O)[C@H](CC(C)C)NC(=O)OC(CC(=O)O)c1cc(OCC(=O)OC(C)(C)C)ccc1[N+](=O)[O-]. The van der Waals surface area contributed by atoms with Crippen molar-refractivity contribution in [3.8, 4) is 5.75 Å². The molecule has 1 rings (SSSR count). The number of esters is 2. The van der Waals surface area contributed by atoms with E-state index < -0.39 is 77.3 Å². The quantitative estimate of drug-likeness (QED) is 0.104. The number of carbonyl (C=O) groups is 5. The summed E-state index contributed by atoms with van der Waals surface area (Å²) in [7, 11) is 1.18. The second kappa shape index (κ2) is 17.0. The molecule has 0 saturated heterocycles. The van der Waals surface area contributed by atoms with Crippen molar-refractivity contribution in [2.45, 2.75) is 91.5 Å². The fourth-order valence-electron chi connectivity index (χ4n) is 4.04. The van der Waals surface area contributed by atoms with E-state index >= 15 is 0 Å². The number of nitro groups is 1. The number of methoxy groups -OCH3 is 1. The van der Waals surface area contributed by atoms with Crippen LogP contribution in [0.2, 0.25) is 0 Å². The molecular weight excluding hydrogens is 582 g/mol. The van der Waals surface area contributed by atoms with Gasteiger partial charge in [0, 0.05) is 6.07 Å². The Morgan fingerprint density at radius 1 is 0.977 bits per heavy atom. The number of nitrogens with zero attached hydrogens (tertiary/aromatic N) is 1. The van der Waals surface area contributed by atoms with Gasteiger partial charge < -0.3 is 34.7 Å². The number of aliphatic carboxylic acids is 1. The number of alkyl carbamates (subject to hydrolysis) is 1. The van der Waals surface area contributed by atoms with Crippen LogP contribution in [0.5, 0.6) is 5.75 Å². The average Bonchev–Trinajstić information content (AvgIpc) is 2.88. The summed E-state index contributed by atoms with van der Waals surface area (Å²) >= 11 is 0. The van der Waals surface area contributed by atoms with Gasteiger partial charge >= 0.3 is 24.0 Å². The van der Waals surface area contributed by atoms with Crippen LogP contribution in [-0.4, -0.2) is 71.3 Å². The van der Waals surface area contributed by atoms with E-state index in [0.717, 1.165) is 12.1 Å². The molecule has 0 saturated carbocycles. The lowest BCUT2D eigenvalue weighted by atomic mass is 10.0. The van der Waals surface area contributed by atoms with E-state index in [1.165, 1.54) is 13.2 Å². The summed E-state index contributed by atoms with van der Waals surface area (Å²) in [4.78, 5) is 73.1. The second-order valence-corrected chi connectivity index (χ2v) is 11.9. The van der Waals surface area contributed by atoms with Gasteiger partial charge in [-0.1, -0.05) is 27.7 Å². The van der Waals surface area contributed by atoms with Gasteiger partial charge in [0.2, 0.25) is 5.91 Å². The third-order valence-corrected chi connectivity index (χ3v) is 5.75. The normalized spacial score (nSPS) is 13.3. The molecule has 1 aromatic rings. The number of carboxylic acid groups (broad SMARTS) is 1. The number of hydrogen-bond acceptors (Lipinski definition) is 11. The molecule has 1 aromatic carbocycles. The largest absolute Gasteiger partial charge is 0.482 e. The zero-order valence-corrected chi connectivity index (χ0v) is 26.3. The molecule has 3 atom stereocenters. The minimum Gasteiger partial charge on any atom is -0.482 e. The van der Waals surface area contributed by atoms with Crippen LogP contribution in [0.3, 0.4) is 0 Å². The minimum absolute atomic E-state index is 0.0253. The molecule has 0 aliphatic carbocycles. The fourth-order valence-corrected chi connectivity index (χ4v) is 4.04. The first-order valence-electron chi connectivity index (χ1n) is 14.0. The highest BCUT2D eigenvalue weighted by Gasteiger charge is 2.32. The van der Waals surface area contributed by atoms with Gasteiger partial charge in [-0.3, -0.25) is 19.7 Å². The summed E-state index contributed by atoms with van der Waals surface area (Å²) in [5.41, 5.74) is -1.67. The molecule has 0 spiro atoms. The van der Waals surface area contributed by atoms with Gasteiger partial charge in [-0.25, -0.2) is 14.4 Å². The molecule has 0 radical (unpaired) electrons. The predicted molar refractivity (Wildman–Crippen MR) is 156 cm³/mol. The van der Waals surface area contributed by atoms with Gasteiger partial charge in [0.1, 0.15) is 29.5 Å². The van der Waals surface area contributed by atoms with Gasteiger partial charge in [0.25, 0.3) is 5.69 Å². The number of hydrogen-bond donors (Lipinski definition) is 3. The Hall–Kier alpha value is -4.43. The summed E-state index contributed by atoms with van der Waals surface area (Å²) in [5.74, 6) is -3.66. The molecule has 2 amide bonds. The van der Waals surface area contributed by atoms with Gasteiger partial charge in [0.05, 0.1) is 24.0 Å². The maximum Gasteiger partial charge on any atom is 0.408 e. The Morgan fingerprint density at radius 3 is 2.07 bits per heavy atom. The van der Waals surface area contributed by atoms with Crippen molar-refractivity contribution < 1.29 is 52.9 Å². The smallest absolute Gasteiger partial charge is 0.408 e. The van der Waals surface area contributed by atoms with Crippen molar-refractivity contribution in [1.29, 1.82) is 0 Å². The van der Waals surface area contributed by atoms with Crippen molar-refractivity contribution in [2.24, 2.45) is 11.8 Å². The fraction of sp³-hybridized carbons (Fsp3) is 0.621. The molecule has 0 aliphatic rings. The van der Waals surface area contributed by atoms with Crippen LogP contribution in [0.4, 0.5) is 10.5 Å².